The number of hydrogen-bond donors (Lipinski definition) is 2. The molecule has 0 spiro atoms. The highest BCUT2D eigenvalue weighted by Gasteiger charge is 2.08. The van der Waals surface area contributed by atoms with Gasteiger partial charge in [-0.15, -0.1) is 0 Å². The molecule has 4 nitrogen and oxygen atoms in total. The SMILES string of the molecule is C=C(O)C(/C=C(\C)C(=O)NC)=C/C(Cc1cccc(OC)c1)=C(C)CC. The second kappa shape index (κ2) is 10.3. The lowest BCUT2D eigenvalue weighted by Crippen LogP contribution is -2.18. The monoisotopic (exact) mass is 355 g/mol. The van der Waals surface area contributed by atoms with Gasteiger partial charge in [-0.2, -0.15) is 0 Å². The predicted octanol–water partition coefficient (Wildman–Crippen LogP) is 4.65. The third-order valence-electron chi connectivity index (χ3n) is 4.23. The Bertz CT molecular complexity index is 754. The maximum absolute atomic E-state index is 11.8. The highest BCUT2D eigenvalue weighted by Crippen LogP contribution is 2.22. The zero-order valence-electron chi connectivity index (χ0n) is 16.3. The van der Waals surface area contributed by atoms with E-state index in [9.17, 15) is 9.90 Å². The molecular formula is C22H29NO3. The summed E-state index contributed by atoms with van der Waals surface area (Å²) in [4.78, 5) is 11.8. The largest absolute Gasteiger partial charge is 0.508 e. The van der Waals surface area contributed by atoms with Gasteiger partial charge in [-0.25, -0.2) is 0 Å². The minimum absolute atomic E-state index is 0.0692. The van der Waals surface area contributed by atoms with Crippen molar-refractivity contribution in [1.29, 1.82) is 0 Å². The van der Waals surface area contributed by atoms with Gasteiger partial charge in [0.25, 0.3) is 0 Å². The smallest absolute Gasteiger partial charge is 0.246 e. The number of hydrogen-bond acceptors (Lipinski definition) is 3. The van der Waals surface area contributed by atoms with E-state index in [1.165, 1.54) is 5.57 Å². The average molecular weight is 355 g/mol. The molecular weight excluding hydrogens is 326 g/mol. The Morgan fingerprint density at radius 1 is 1.31 bits per heavy atom. The molecule has 0 atom stereocenters. The molecule has 0 bridgehead atoms. The molecule has 26 heavy (non-hydrogen) atoms. The Morgan fingerprint density at radius 2 is 2.00 bits per heavy atom. The number of amides is 1. The first-order chi connectivity index (χ1) is 12.3. The van der Waals surface area contributed by atoms with Crippen molar-refractivity contribution in [2.45, 2.75) is 33.6 Å². The number of carbonyl (C=O) groups is 1. The number of aliphatic hydroxyl groups excluding tert-OH is 1. The number of allylic oxidation sites excluding steroid dienone is 4. The normalized spacial score (nSPS) is 13.1. The average Bonchev–Trinajstić information content (AvgIpc) is 2.65. The topological polar surface area (TPSA) is 58.6 Å². The minimum Gasteiger partial charge on any atom is -0.508 e. The third kappa shape index (κ3) is 6.28. The van der Waals surface area contributed by atoms with Crippen LogP contribution in [0.1, 0.15) is 32.8 Å². The summed E-state index contributed by atoms with van der Waals surface area (Å²) in [7, 11) is 3.22. The summed E-state index contributed by atoms with van der Waals surface area (Å²) in [6, 6.07) is 7.90. The highest BCUT2D eigenvalue weighted by molar-refractivity contribution is 5.93. The molecule has 140 valence electrons. The molecule has 0 aromatic heterocycles. The van der Waals surface area contributed by atoms with Crippen molar-refractivity contribution >= 4 is 5.91 Å². The van der Waals surface area contributed by atoms with Crippen molar-refractivity contribution in [2.24, 2.45) is 0 Å². The Morgan fingerprint density at radius 3 is 2.54 bits per heavy atom. The molecule has 0 fully saturated rings. The minimum atomic E-state index is -0.192. The number of carbonyl (C=O) groups excluding carboxylic acids is 1. The molecule has 1 amide bonds. The second-order valence-corrected chi connectivity index (χ2v) is 6.14. The van der Waals surface area contributed by atoms with Crippen molar-refractivity contribution < 1.29 is 14.6 Å². The van der Waals surface area contributed by atoms with Gasteiger partial charge in [-0.05, 0) is 62.1 Å². The highest BCUT2D eigenvalue weighted by atomic mass is 16.5. The number of rotatable bonds is 8. The number of likely N-dealkylation sites (N-methyl/N-ethyl adjacent to an activating group) is 1. The lowest BCUT2D eigenvalue weighted by atomic mass is 9.96. The van der Waals surface area contributed by atoms with Crippen LogP contribution < -0.4 is 10.1 Å². The fourth-order valence-electron chi connectivity index (χ4n) is 2.45. The molecule has 1 rings (SSSR count). The fourth-order valence-corrected chi connectivity index (χ4v) is 2.45. The van der Waals surface area contributed by atoms with Crippen LogP contribution in [0.25, 0.3) is 0 Å². The molecule has 0 heterocycles. The first kappa shape index (κ1) is 21.3. The summed E-state index contributed by atoms with van der Waals surface area (Å²) in [6.45, 7) is 9.50. The van der Waals surface area contributed by atoms with Crippen molar-refractivity contribution in [3.63, 3.8) is 0 Å². The summed E-state index contributed by atoms with van der Waals surface area (Å²) in [5.41, 5.74) is 4.42. The zero-order valence-corrected chi connectivity index (χ0v) is 16.3. The van der Waals surface area contributed by atoms with Crippen molar-refractivity contribution in [1.82, 2.24) is 5.32 Å². The van der Waals surface area contributed by atoms with Gasteiger partial charge in [0, 0.05) is 18.2 Å². The van der Waals surface area contributed by atoms with E-state index in [0.29, 0.717) is 17.6 Å². The van der Waals surface area contributed by atoms with Gasteiger partial charge in [0.1, 0.15) is 11.5 Å². The van der Waals surface area contributed by atoms with Crippen molar-refractivity contribution in [2.75, 3.05) is 14.2 Å². The molecule has 0 aliphatic rings. The van der Waals surface area contributed by atoms with E-state index >= 15 is 0 Å². The zero-order chi connectivity index (χ0) is 19.7. The molecule has 0 aliphatic heterocycles. The van der Waals surface area contributed by atoms with Crippen LogP contribution in [0.2, 0.25) is 0 Å². The van der Waals surface area contributed by atoms with Crippen LogP contribution in [0, 0.1) is 0 Å². The molecule has 2 N–H and O–H groups in total. The number of methoxy groups -OCH3 is 1. The third-order valence-corrected chi connectivity index (χ3v) is 4.23. The standard InChI is InChI=1S/C22H29NO3/c1-7-15(2)19(12-18-9-8-10-21(13-18)26-6)14-20(17(4)24)11-16(3)22(25)23-5/h8-11,13-14,24H,4,7,12H2,1-3,5-6H3,(H,23,25)/b16-11+,19-15?,20-14+. The van der Waals surface area contributed by atoms with Gasteiger partial charge in [0.05, 0.1) is 7.11 Å². The van der Waals surface area contributed by atoms with E-state index in [1.54, 1.807) is 27.2 Å². The van der Waals surface area contributed by atoms with E-state index in [0.717, 1.165) is 23.3 Å². The van der Waals surface area contributed by atoms with Gasteiger partial charge >= 0.3 is 0 Å². The molecule has 0 unspecified atom stereocenters. The first-order valence-electron chi connectivity index (χ1n) is 8.64. The Balaban J connectivity index is 3.32. The molecule has 0 aliphatic carbocycles. The van der Waals surface area contributed by atoms with Crippen LogP contribution in [0.4, 0.5) is 0 Å². The predicted molar refractivity (Wildman–Crippen MR) is 107 cm³/mol. The summed E-state index contributed by atoms with van der Waals surface area (Å²) in [5.74, 6) is 0.546. The number of aliphatic hydroxyl groups is 1. The number of benzene rings is 1. The number of nitrogens with one attached hydrogen (secondary N) is 1. The second-order valence-electron chi connectivity index (χ2n) is 6.14. The molecule has 0 radical (unpaired) electrons. The lowest BCUT2D eigenvalue weighted by Gasteiger charge is -2.11. The van der Waals surface area contributed by atoms with Crippen LogP contribution >= 0.6 is 0 Å². The maximum Gasteiger partial charge on any atom is 0.246 e. The van der Waals surface area contributed by atoms with Gasteiger partial charge in [-0.3, -0.25) is 4.79 Å². The maximum atomic E-state index is 11.8. The van der Waals surface area contributed by atoms with E-state index in [-0.39, 0.29) is 11.7 Å². The fraction of sp³-hybridized carbons (Fsp3) is 0.318. The van der Waals surface area contributed by atoms with E-state index < -0.39 is 0 Å². The van der Waals surface area contributed by atoms with Crippen LogP contribution in [-0.2, 0) is 11.2 Å². The Kier molecular flexibility index (Phi) is 8.43. The lowest BCUT2D eigenvalue weighted by molar-refractivity contribution is -0.116. The Hall–Kier alpha value is -2.75. The molecule has 1 aromatic carbocycles. The molecule has 0 saturated heterocycles. The molecule has 1 aromatic rings. The number of ether oxygens (including phenoxy) is 1. The van der Waals surface area contributed by atoms with Crippen LogP contribution in [-0.4, -0.2) is 25.2 Å². The summed E-state index contributed by atoms with van der Waals surface area (Å²) < 4.78 is 5.29. The van der Waals surface area contributed by atoms with E-state index in [4.69, 9.17) is 4.74 Å². The molecule has 0 saturated carbocycles. The van der Waals surface area contributed by atoms with Crippen LogP contribution in [0.3, 0.4) is 0 Å². The van der Waals surface area contributed by atoms with Crippen LogP contribution in [0.5, 0.6) is 5.75 Å². The van der Waals surface area contributed by atoms with Gasteiger partial charge < -0.3 is 15.2 Å². The summed E-state index contributed by atoms with van der Waals surface area (Å²) in [6.07, 6.45) is 5.13. The van der Waals surface area contributed by atoms with Gasteiger partial charge in [0.15, 0.2) is 0 Å². The quantitative estimate of drug-likeness (QED) is 0.405. The van der Waals surface area contributed by atoms with Crippen molar-refractivity contribution in [3.8, 4) is 5.75 Å². The van der Waals surface area contributed by atoms with Crippen LogP contribution in [0.15, 0.2) is 71.0 Å². The van der Waals surface area contributed by atoms with Gasteiger partial charge in [-0.1, -0.05) is 31.2 Å². The van der Waals surface area contributed by atoms with E-state index in [1.807, 2.05) is 30.3 Å². The van der Waals surface area contributed by atoms with E-state index in [2.05, 4.69) is 25.7 Å². The van der Waals surface area contributed by atoms with Crippen molar-refractivity contribution in [3.05, 3.63) is 76.6 Å². The Labute approximate surface area is 156 Å². The summed E-state index contributed by atoms with van der Waals surface area (Å²) >= 11 is 0. The first-order valence-corrected chi connectivity index (χ1v) is 8.64. The summed E-state index contributed by atoms with van der Waals surface area (Å²) in [5, 5.41) is 12.6. The molecule has 4 heteroatoms. The van der Waals surface area contributed by atoms with Gasteiger partial charge in [0.2, 0.25) is 5.91 Å².